The second-order valence-electron chi connectivity index (χ2n) is 3.24. The van der Waals surface area contributed by atoms with Gasteiger partial charge in [0, 0.05) is 12.2 Å². The lowest BCUT2D eigenvalue weighted by molar-refractivity contribution is 0.285. The van der Waals surface area contributed by atoms with Crippen LogP contribution in [-0.4, -0.2) is 18.3 Å². The van der Waals surface area contributed by atoms with E-state index in [1.54, 1.807) is 18.2 Å². The molecule has 0 heterocycles. The largest absolute Gasteiger partial charge is 0.396 e. The van der Waals surface area contributed by atoms with Crippen LogP contribution in [0.5, 0.6) is 0 Å². The lowest BCUT2D eigenvalue weighted by Gasteiger charge is -2.13. The first kappa shape index (κ1) is 13.3. The molecule has 0 radical (unpaired) electrons. The Morgan fingerprint density at radius 1 is 1.44 bits per heavy atom. The summed E-state index contributed by atoms with van der Waals surface area (Å²) in [5.74, 6) is 0. The molecule has 0 aromatic heterocycles. The molecule has 3 nitrogen and oxygen atoms in total. The van der Waals surface area contributed by atoms with Crippen molar-refractivity contribution in [1.82, 2.24) is 5.32 Å². The Bertz CT molecular complexity index is 390. The van der Waals surface area contributed by atoms with E-state index in [0.29, 0.717) is 28.6 Å². The minimum Gasteiger partial charge on any atom is -0.396 e. The molecule has 0 aliphatic carbocycles. The van der Waals surface area contributed by atoms with E-state index in [-0.39, 0.29) is 6.61 Å². The molecule has 1 atom stereocenters. The molecule has 0 saturated heterocycles. The first-order valence-corrected chi connectivity index (χ1v) is 5.64. The van der Waals surface area contributed by atoms with Crippen LogP contribution < -0.4 is 5.32 Å². The summed E-state index contributed by atoms with van der Waals surface area (Å²) in [6, 6.07) is 6.79. The molecule has 86 valence electrons. The summed E-state index contributed by atoms with van der Waals surface area (Å²) in [7, 11) is 0. The second kappa shape index (κ2) is 6.72. The van der Waals surface area contributed by atoms with Crippen LogP contribution in [0.2, 0.25) is 10.0 Å². The zero-order chi connectivity index (χ0) is 12.0. The van der Waals surface area contributed by atoms with Crippen LogP contribution in [-0.2, 0) is 0 Å². The van der Waals surface area contributed by atoms with E-state index in [1.807, 2.05) is 0 Å². The summed E-state index contributed by atoms with van der Waals surface area (Å²) >= 11 is 11.9. The number of nitrogens with one attached hydrogen (secondary N) is 1. The first-order valence-electron chi connectivity index (χ1n) is 4.88. The predicted molar refractivity (Wildman–Crippen MR) is 64.5 cm³/mol. The van der Waals surface area contributed by atoms with Gasteiger partial charge in [0.15, 0.2) is 0 Å². The third-order valence-electron chi connectivity index (χ3n) is 2.10. The van der Waals surface area contributed by atoms with Crippen molar-refractivity contribution in [2.45, 2.75) is 12.5 Å². The molecule has 1 aromatic rings. The van der Waals surface area contributed by atoms with Gasteiger partial charge in [0.2, 0.25) is 0 Å². The number of hydrogen-bond acceptors (Lipinski definition) is 3. The normalized spacial score (nSPS) is 12.1. The highest BCUT2D eigenvalue weighted by Gasteiger charge is 2.14. The number of halogens is 2. The lowest BCUT2D eigenvalue weighted by atomic mass is 10.1. The highest BCUT2D eigenvalue weighted by atomic mass is 35.5. The minimum atomic E-state index is -0.502. The van der Waals surface area contributed by atoms with E-state index in [1.165, 1.54) is 0 Å². The van der Waals surface area contributed by atoms with Crippen LogP contribution in [0.3, 0.4) is 0 Å². The van der Waals surface area contributed by atoms with Crippen molar-refractivity contribution in [2.75, 3.05) is 13.2 Å². The van der Waals surface area contributed by atoms with Gasteiger partial charge in [0.1, 0.15) is 6.04 Å². The maximum absolute atomic E-state index is 9.02. The van der Waals surface area contributed by atoms with E-state index in [2.05, 4.69) is 11.4 Å². The molecule has 2 N–H and O–H groups in total. The average Bonchev–Trinajstić information content (AvgIpc) is 2.29. The zero-order valence-corrected chi connectivity index (χ0v) is 10.1. The molecule has 0 saturated carbocycles. The molecule has 0 aliphatic rings. The summed E-state index contributed by atoms with van der Waals surface area (Å²) in [4.78, 5) is 0. The van der Waals surface area contributed by atoms with E-state index in [9.17, 15) is 0 Å². The predicted octanol–water partition coefficient (Wildman–Crippen LogP) is 2.53. The second-order valence-corrected chi connectivity index (χ2v) is 4.02. The smallest absolute Gasteiger partial charge is 0.122 e. The lowest BCUT2D eigenvalue weighted by Crippen LogP contribution is -2.22. The molecule has 1 rings (SSSR count). The van der Waals surface area contributed by atoms with Crippen molar-refractivity contribution < 1.29 is 5.11 Å². The van der Waals surface area contributed by atoms with Crippen molar-refractivity contribution in [3.8, 4) is 6.07 Å². The highest BCUT2D eigenvalue weighted by Crippen LogP contribution is 2.29. The Kier molecular flexibility index (Phi) is 5.58. The standard InChI is InChI=1S/C11H12Cl2N2O/c12-9-4-1-3-8(11(9)13)10(7-14)15-5-2-6-16/h1,3-4,10,15-16H,2,5-6H2. The van der Waals surface area contributed by atoms with Crippen molar-refractivity contribution in [3.63, 3.8) is 0 Å². The van der Waals surface area contributed by atoms with Gasteiger partial charge in [-0.15, -0.1) is 0 Å². The van der Waals surface area contributed by atoms with Gasteiger partial charge in [-0.2, -0.15) is 5.26 Å². The quantitative estimate of drug-likeness (QED) is 0.799. The van der Waals surface area contributed by atoms with Crippen molar-refractivity contribution in [3.05, 3.63) is 33.8 Å². The Balaban J connectivity index is 2.80. The van der Waals surface area contributed by atoms with Crippen LogP contribution in [0.1, 0.15) is 18.0 Å². The summed E-state index contributed by atoms with van der Waals surface area (Å²) in [5, 5.41) is 21.5. The number of rotatable bonds is 5. The van der Waals surface area contributed by atoms with Crippen LogP contribution in [0, 0.1) is 11.3 Å². The minimum absolute atomic E-state index is 0.0917. The van der Waals surface area contributed by atoms with Gasteiger partial charge >= 0.3 is 0 Å². The first-order chi connectivity index (χ1) is 7.70. The monoisotopic (exact) mass is 258 g/mol. The van der Waals surface area contributed by atoms with Gasteiger partial charge < -0.3 is 5.11 Å². The fourth-order valence-corrected chi connectivity index (χ4v) is 1.71. The molecule has 0 amide bonds. The SMILES string of the molecule is N#CC(NCCCO)c1cccc(Cl)c1Cl. The van der Waals surface area contributed by atoms with E-state index in [4.69, 9.17) is 33.6 Å². The Hall–Kier alpha value is -0.790. The van der Waals surface area contributed by atoms with Gasteiger partial charge in [0.25, 0.3) is 0 Å². The average molecular weight is 259 g/mol. The molecule has 16 heavy (non-hydrogen) atoms. The molecule has 5 heteroatoms. The van der Waals surface area contributed by atoms with Crippen LogP contribution in [0.4, 0.5) is 0 Å². The Morgan fingerprint density at radius 2 is 2.19 bits per heavy atom. The van der Waals surface area contributed by atoms with Crippen LogP contribution in [0.25, 0.3) is 0 Å². The fourth-order valence-electron chi connectivity index (χ4n) is 1.29. The third-order valence-corrected chi connectivity index (χ3v) is 2.94. The molecular weight excluding hydrogens is 247 g/mol. The number of nitrogens with zero attached hydrogens (tertiary/aromatic N) is 1. The molecule has 0 bridgehead atoms. The number of aliphatic hydroxyl groups excluding tert-OH is 1. The van der Waals surface area contributed by atoms with E-state index < -0.39 is 6.04 Å². The van der Waals surface area contributed by atoms with Crippen molar-refractivity contribution in [2.24, 2.45) is 0 Å². The Labute approximate surface area is 105 Å². The molecule has 1 aromatic carbocycles. The zero-order valence-electron chi connectivity index (χ0n) is 8.58. The fraction of sp³-hybridized carbons (Fsp3) is 0.364. The van der Waals surface area contributed by atoms with Crippen LogP contribution in [0.15, 0.2) is 18.2 Å². The summed E-state index contributed by atoms with van der Waals surface area (Å²) in [6.07, 6.45) is 0.594. The third kappa shape index (κ3) is 3.36. The highest BCUT2D eigenvalue weighted by molar-refractivity contribution is 6.42. The summed E-state index contributed by atoms with van der Waals surface area (Å²) in [6.45, 7) is 0.645. The van der Waals surface area contributed by atoms with Crippen LogP contribution >= 0.6 is 23.2 Å². The maximum atomic E-state index is 9.02. The molecular formula is C11H12Cl2N2O. The Morgan fingerprint density at radius 3 is 2.81 bits per heavy atom. The summed E-state index contributed by atoms with van der Waals surface area (Å²) in [5.41, 5.74) is 0.662. The molecule has 1 unspecified atom stereocenters. The molecule has 0 spiro atoms. The van der Waals surface area contributed by atoms with E-state index in [0.717, 1.165) is 0 Å². The number of benzene rings is 1. The molecule has 0 fully saturated rings. The van der Waals surface area contributed by atoms with E-state index >= 15 is 0 Å². The van der Waals surface area contributed by atoms with Crippen molar-refractivity contribution in [1.29, 1.82) is 5.26 Å². The summed E-state index contributed by atoms with van der Waals surface area (Å²) < 4.78 is 0. The van der Waals surface area contributed by atoms with Gasteiger partial charge in [-0.25, -0.2) is 0 Å². The number of hydrogen-bond donors (Lipinski definition) is 2. The number of aliphatic hydroxyl groups is 1. The van der Waals surface area contributed by atoms with Gasteiger partial charge in [-0.1, -0.05) is 35.3 Å². The van der Waals surface area contributed by atoms with Gasteiger partial charge in [-0.3, -0.25) is 5.32 Å². The topological polar surface area (TPSA) is 56.0 Å². The van der Waals surface area contributed by atoms with Gasteiger partial charge in [-0.05, 0) is 19.0 Å². The van der Waals surface area contributed by atoms with Crippen molar-refractivity contribution >= 4 is 23.2 Å². The number of nitriles is 1. The maximum Gasteiger partial charge on any atom is 0.122 e. The van der Waals surface area contributed by atoms with Gasteiger partial charge in [0.05, 0.1) is 16.1 Å². The molecule has 0 aliphatic heterocycles.